The molecule has 0 heterocycles. The van der Waals surface area contributed by atoms with E-state index >= 15 is 0 Å². The molecule has 0 aromatic rings. The summed E-state index contributed by atoms with van der Waals surface area (Å²) < 4.78 is 0. The minimum Gasteiger partial charge on any atom is -0.310 e. The molecule has 1 heteroatoms. The summed E-state index contributed by atoms with van der Waals surface area (Å²) in [5.74, 6) is 0.778. The van der Waals surface area contributed by atoms with Gasteiger partial charge < -0.3 is 5.41 Å². The van der Waals surface area contributed by atoms with Gasteiger partial charge in [0.2, 0.25) is 0 Å². The van der Waals surface area contributed by atoms with Crippen LogP contribution in [0.25, 0.3) is 0 Å². The molecule has 1 unspecified atom stereocenters. The van der Waals surface area contributed by atoms with E-state index in [0.717, 1.165) is 24.5 Å². The molecule has 0 saturated heterocycles. The fourth-order valence-corrected chi connectivity index (χ4v) is 1.46. The molecule has 1 fully saturated rings. The van der Waals surface area contributed by atoms with E-state index in [-0.39, 0.29) is 0 Å². The van der Waals surface area contributed by atoms with Gasteiger partial charge >= 0.3 is 0 Å². The Kier molecular flexibility index (Phi) is 2.26. The SMILES string of the molecule is CC1CCCCC(=N)C1. The van der Waals surface area contributed by atoms with Gasteiger partial charge in [0.15, 0.2) is 0 Å². The number of rotatable bonds is 0. The lowest BCUT2D eigenvalue weighted by molar-refractivity contribution is 0.540. The van der Waals surface area contributed by atoms with Crippen LogP contribution in [0.1, 0.15) is 39.0 Å². The van der Waals surface area contributed by atoms with Crippen molar-refractivity contribution in [3.8, 4) is 0 Å². The average Bonchev–Trinajstić information content (AvgIpc) is 1.93. The standard InChI is InChI=1S/C8H15N/c1-7-4-2-3-5-8(9)6-7/h7,9H,2-6H2,1H3. The third-order valence-electron chi connectivity index (χ3n) is 2.02. The van der Waals surface area contributed by atoms with Crippen molar-refractivity contribution in [3.63, 3.8) is 0 Å². The highest BCUT2D eigenvalue weighted by atomic mass is 14.4. The van der Waals surface area contributed by atoms with Gasteiger partial charge in [0, 0.05) is 5.71 Å². The summed E-state index contributed by atoms with van der Waals surface area (Å²) in [6.07, 6.45) is 6.04. The maximum atomic E-state index is 7.46. The van der Waals surface area contributed by atoms with Crippen LogP contribution in [-0.4, -0.2) is 5.71 Å². The van der Waals surface area contributed by atoms with E-state index in [9.17, 15) is 0 Å². The van der Waals surface area contributed by atoms with Crippen molar-refractivity contribution >= 4 is 5.71 Å². The van der Waals surface area contributed by atoms with Crippen LogP contribution in [0.3, 0.4) is 0 Å². The lowest BCUT2D eigenvalue weighted by Crippen LogP contribution is -1.99. The Hall–Kier alpha value is -0.330. The van der Waals surface area contributed by atoms with Gasteiger partial charge in [0.25, 0.3) is 0 Å². The second-order valence-electron chi connectivity index (χ2n) is 3.16. The zero-order valence-corrected chi connectivity index (χ0v) is 6.11. The van der Waals surface area contributed by atoms with Gasteiger partial charge in [-0.05, 0) is 25.2 Å². The van der Waals surface area contributed by atoms with Crippen LogP contribution in [-0.2, 0) is 0 Å². The van der Waals surface area contributed by atoms with E-state index in [2.05, 4.69) is 6.92 Å². The smallest absolute Gasteiger partial charge is 0.00918 e. The molecular weight excluding hydrogens is 110 g/mol. The van der Waals surface area contributed by atoms with Gasteiger partial charge in [0.1, 0.15) is 0 Å². The number of nitrogens with one attached hydrogen (secondary N) is 1. The molecule has 0 aromatic heterocycles. The lowest BCUT2D eigenvalue weighted by atomic mass is 10.0. The van der Waals surface area contributed by atoms with Crippen molar-refractivity contribution in [1.82, 2.24) is 0 Å². The minimum atomic E-state index is 0.778. The van der Waals surface area contributed by atoms with Crippen LogP contribution in [0.2, 0.25) is 0 Å². The molecule has 0 amide bonds. The molecule has 1 rings (SSSR count). The van der Waals surface area contributed by atoms with E-state index in [1.165, 1.54) is 19.3 Å². The number of hydrogen-bond donors (Lipinski definition) is 1. The maximum absolute atomic E-state index is 7.46. The largest absolute Gasteiger partial charge is 0.310 e. The van der Waals surface area contributed by atoms with Crippen LogP contribution in [0.5, 0.6) is 0 Å². The molecule has 0 bridgehead atoms. The third kappa shape index (κ3) is 2.17. The molecule has 52 valence electrons. The van der Waals surface area contributed by atoms with Crippen molar-refractivity contribution in [1.29, 1.82) is 5.41 Å². The lowest BCUT2D eigenvalue weighted by Gasteiger charge is -2.03. The Morgan fingerprint density at radius 2 is 2.22 bits per heavy atom. The van der Waals surface area contributed by atoms with Crippen LogP contribution >= 0.6 is 0 Å². The van der Waals surface area contributed by atoms with E-state index < -0.39 is 0 Å². The third-order valence-corrected chi connectivity index (χ3v) is 2.02. The highest BCUT2D eigenvalue weighted by Gasteiger charge is 2.09. The Balaban J connectivity index is 2.37. The average molecular weight is 125 g/mol. The molecule has 1 atom stereocenters. The van der Waals surface area contributed by atoms with Crippen molar-refractivity contribution < 1.29 is 0 Å². The predicted molar refractivity (Wildman–Crippen MR) is 40.0 cm³/mol. The van der Waals surface area contributed by atoms with Crippen molar-refractivity contribution in [2.24, 2.45) is 5.92 Å². The fourth-order valence-electron chi connectivity index (χ4n) is 1.46. The molecule has 1 saturated carbocycles. The van der Waals surface area contributed by atoms with Crippen LogP contribution in [0, 0.1) is 11.3 Å². The molecule has 1 N–H and O–H groups in total. The summed E-state index contributed by atoms with van der Waals surface area (Å²) in [6, 6.07) is 0. The molecule has 1 aliphatic rings. The van der Waals surface area contributed by atoms with Crippen LogP contribution in [0.4, 0.5) is 0 Å². The molecule has 0 radical (unpaired) electrons. The van der Waals surface area contributed by atoms with Crippen LogP contribution in [0.15, 0.2) is 0 Å². The fraction of sp³-hybridized carbons (Fsp3) is 0.875. The van der Waals surface area contributed by atoms with Gasteiger partial charge in [-0.3, -0.25) is 0 Å². The van der Waals surface area contributed by atoms with Crippen molar-refractivity contribution in [3.05, 3.63) is 0 Å². The van der Waals surface area contributed by atoms with Gasteiger partial charge in [-0.25, -0.2) is 0 Å². The highest BCUT2D eigenvalue weighted by Crippen LogP contribution is 2.19. The first-order valence-electron chi connectivity index (χ1n) is 3.85. The normalized spacial score (nSPS) is 29.9. The quantitative estimate of drug-likeness (QED) is 0.481. The molecule has 1 aliphatic carbocycles. The Morgan fingerprint density at radius 3 is 3.00 bits per heavy atom. The molecule has 0 aromatic carbocycles. The topological polar surface area (TPSA) is 23.9 Å². The first kappa shape index (κ1) is 6.79. The molecule has 0 aliphatic heterocycles. The summed E-state index contributed by atoms with van der Waals surface area (Å²) in [4.78, 5) is 0. The first-order valence-corrected chi connectivity index (χ1v) is 3.85. The Labute approximate surface area is 57.0 Å². The molecular formula is C8H15N. The monoisotopic (exact) mass is 125 g/mol. The predicted octanol–water partition coefficient (Wildman–Crippen LogP) is 2.61. The van der Waals surface area contributed by atoms with Gasteiger partial charge in [0.05, 0.1) is 0 Å². The molecule has 1 nitrogen and oxygen atoms in total. The Morgan fingerprint density at radius 1 is 1.44 bits per heavy atom. The van der Waals surface area contributed by atoms with Gasteiger partial charge in [-0.2, -0.15) is 0 Å². The van der Waals surface area contributed by atoms with Crippen molar-refractivity contribution in [2.75, 3.05) is 0 Å². The first-order chi connectivity index (χ1) is 4.29. The second-order valence-corrected chi connectivity index (χ2v) is 3.16. The van der Waals surface area contributed by atoms with E-state index in [1.807, 2.05) is 0 Å². The van der Waals surface area contributed by atoms with Gasteiger partial charge in [-0.1, -0.05) is 19.8 Å². The summed E-state index contributed by atoms with van der Waals surface area (Å²) in [5.41, 5.74) is 0.972. The zero-order valence-electron chi connectivity index (χ0n) is 6.11. The summed E-state index contributed by atoms with van der Waals surface area (Å²) >= 11 is 0. The van der Waals surface area contributed by atoms with E-state index in [0.29, 0.717) is 0 Å². The molecule has 0 spiro atoms. The molecule has 9 heavy (non-hydrogen) atoms. The minimum absolute atomic E-state index is 0.778. The van der Waals surface area contributed by atoms with E-state index in [4.69, 9.17) is 5.41 Å². The summed E-state index contributed by atoms with van der Waals surface area (Å²) in [5, 5.41) is 7.46. The van der Waals surface area contributed by atoms with Crippen LogP contribution < -0.4 is 0 Å². The van der Waals surface area contributed by atoms with Gasteiger partial charge in [-0.15, -0.1) is 0 Å². The zero-order chi connectivity index (χ0) is 6.69. The summed E-state index contributed by atoms with van der Waals surface area (Å²) in [6.45, 7) is 2.25. The number of hydrogen-bond acceptors (Lipinski definition) is 1. The maximum Gasteiger partial charge on any atom is 0.00918 e. The Bertz CT molecular complexity index is 107. The van der Waals surface area contributed by atoms with Crippen molar-refractivity contribution in [2.45, 2.75) is 39.0 Å². The summed E-state index contributed by atoms with van der Waals surface area (Å²) in [7, 11) is 0. The highest BCUT2D eigenvalue weighted by molar-refractivity contribution is 5.81. The van der Waals surface area contributed by atoms with E-state index in [1.54, 1.807) is 0 Å². The second kappa shape index (κ2) is 3.00.